The zero-order chi connectivity index (χ0) is 12.7. The van der Waals surface area contributed by atoms with Crippen molar-refractivity contribution in [2.24, 2.45) is 5.73 Å². The van der Waals surface area contributed by atoms with Gasteiger partial charge in [-0.2, -0.15) is 0 Å². The number of hydrogen-bond acceptors (Lipinski definition) is 4. The van der Waals surface area contributed by atoms with Crippen molar-refractivity contribution in [1.82, 2.24) is 0 Å². The number of aliphatic hydroxyl groups is 1. The summed E-state index contributed by atoms with van der Waals surface area (Å²) in [7, 11) is 1.65. The second-order valence-electron chi connectivity index (χ2n) is 3.58. The molecule has 17 heavy (non-hydrogen) atoms. The smallest absolute Gasteiger partial charge is 0.106 e. The number of methoxy groups -OCH3 is 1. The quantitative estimate of drug-likeness (QED) is 0.704. The molecule has 0 fully saturated rings. The molecule has 0 saturated carbocycles. The van der Waals surface area contributed by atoms with Gasteiger partial charge in [-0.05, 0) is 12.1 Å². The minimum Gasteiger partial charge on any atom is -0.395 e. The lowest BCUT2D eigenvalue weighted by atomic mass is 10.1. The molecular weight excluding hydrogens is 236 g/mol. The van der Waals surface area contributed by atoms with Gasteiger partial charge in [-0.3, -0.25) is 0 Å². The molecule has 0 aromatic heterocycles. The van der Waals surface area contributed by atoms with Gasteiger partial charge in [0.15, 0.2) is 0 Å². The van der Waals surface area contributed by atoms with Gasteiger partial charge in [0.1, 0.15) is 4.99 Å². The van der Waals surface area contributed by atoms with Gasteiger partial charge in [0.05, 0.1) is 13.2 Å². The zero-order valence-electron chi connectivity index (χ0n) is 9.93. The van der Waals surface area contributed by atoms with Gasteiger partial charge in [0, 0.05) is 31.5 Å². The summed E-state index contributed by atoms with van der Waals surface area (Å²) in [6.45, 7) is 1.89. The van der Waals surface area contributed by atoms with Gasteiger partial charge in [-0.1, -0.05) is 24.4 Å². The van der Waals surface area contributed by atoms with Crippen molar-refractivity contribution in [1.29, 1.82) is 0 Å². The minimum absolute atomic E-state index is 0.0788. The van der Waals surface area contributed by atoms with Crippen LogP contribution >= 0.6 is 12.2 Å². The largest absolute Gasteiger partial charge is 0.395 e. The molecule has 0 aliphatic rings. The molecule has 3 N–H and O–H groups in total. The van der Waals surface area contributed by atoms with Crippen LogP contribution in [0.25, 0.3) is 0 Å². The summed E-state index contributed by atoms with van der Waals surface area (Å²) >= 11 is 5.02. The maximum atomic E-state index is 9.08. The molecule has 1 aromatic carbocycles. The molecule has 0 bridgehead atoms. The molecular formula is C12H18N2O2S. The number of nitrogens with two attached hydrogens (primary N) is 1. The van der Waals surface area contributed by atoms with Crippen LogP contribution in [0.15, 0.2) is 24.3 Å². The van der Waals surface area contributed by atoms with E-state index in [1.807, 2.05) is 29.2 Å². The average molecular weight is 254 g/mol. The number of para-hydroxylation sites is 1. The first-order chi connectivity index (χ1) is 8.20. The van der Waals surface area contributed by atoms with Crippen molar-refractivity contribution in [3.8, 4) is 0 Å². The van der Waals surface area contributed by atoms with Crippen LogP contribution in [-0.4, -0.2) is 43.5 Å². The number of ether oxygens (including phenoxy) is 1. The van der Waals surface area contributed by atoms with Gasteiger partial charge in [-0.25, -0.2) is 0 Å². The van der Waals surface area contributed by atoms with E-state index in [1.165, 1.54) is 0 Å². The van der Waals surface area contributed by atoms with Gasteiger partial charge < -0.3 is 20.5 Å². The SMILES string of the molecule is COCCN(CCO)c1ccccc1C(N)=S. The highest BCUT2D eigenvalue weighted by molar-refractivity contribution is 7.80. The first kappa shape index (κ1) is 13.9. The predicted octanol–water partition coefficient (Wildman–Crippen LogP) is 0.766. The van der Waals surface area contributed by atoms with Crippen LogP contribution in [0.1, 0.15) is 5.56 Å². The molecule has 1 aromatic rings. The molecule has 0 unspecified atom stereocenters. The lowest BCUT2D eigenvalue weighted by Crippen LogP contribution is -2.32. The fourth-order valence-corrected chi connectivity index (χ4v) is 1.81. The summed E-state index contributed by atoms with van der Waals surface area (Å²) in [5.41, 5.74) is 7.45. The molecule has 0 aliphatic heterocycles. The van der Waals surface area contributed by atoms with Crippen LogP contribution in [0.3, 0.4) is 0 Å². The van der Waals surface area contributed by atoms with Crippen molar-refractivity contribution in [2.75, 3.05) is 38.3 Å². The van der Waals surface area contributed by atoms with E-state index in [0.29, 0.717) is 24.7 Å². The first-order valence-corrected chi connectivity index (χ1v) is 5.85. The Labute approximate surface area is 107 Å². The summed E-state index contributed by atoms with van der Waals surface area (Å²) in [6, 6.07) is 7.65. The number of hydrogen-bond donors (Lipinski definition) is 2. The third-order valence-electron chi connectivity index (χ3n) is 2.45. The number of aliphatic hydroxyl groups excluding tert-OH is 1. The lowest BCUT2D eigenvalue weighted by Gasteiger charge is -2.25. The highest BCUT2D eigenvalue weighted by Crippen LogP contribution is 2.19. The van der Waals surface area contributed by atoms with Crippen molar-refractivity contribution >= 4 is 22.9 Å². The Morgan fingerprint density at radius 3 is 2.71 bits per heavy atom. The molecule has 4 nitrogen and oxygen atoms in total. The number of thiocarbonyl (C=S) groups is 1. The van der Waals surface area contributed by atoms with Crippen molar-refractivity contribution < 1.29 is 9.84 Å². The number of anilines is 1. The Kier molecular flexibility index (Phi) is 5.90. The molecule has 1 rings (SSSR count). The van der Waals surface area contributed by atoms with E-state index in [-0.39, 0.29) is 6.61 Å². The first-order valence-electron chi connectivity index (χ1n) is 5.44. The van der Waals surface area contributed by atoms with Crippen LogP contribution in [0.2, 0.25) is 0 Å². The Hall–Kier alpha value is -1.17. The molecule has 5 heteroatoms. The molecule has 0 atom stereocenters. The summed E-state index contributed by atoms with van der Waals surface area (Å²) in [4.78, 5) is 2.37. The summed E-state index contributed by atoms with van der Waals surface area (Å²) in [5, 5.41) is 9.08. The number of rotatable bonds is 7. The minimum atomic E-state index is 0.0788. The van der Waals surface area contributed by atoms with Gasteiger partial charge in [0.25, 0.3) is 0 Å². The van der Waals surface area contributed by atoms with E-state index in [1.54, 1.807) is 7.11 Å². The van der Waals surface area contributed by atoms with Crippen molar-refractivity contribution in [3.05, 3.63) is 29.8 Å². The maximum Gasteiger partial charge on any atom is 0.106 e. The zero-order valence-corrected chi connectivity index (χ0v) is 10.7. The number of benzene rings is 1. The Bertz CT molecular complexity index is 371. The molecule has 0 saturated heterocycles. The monoisotopic (exact) mass is 254 g/mol. The van der Waals surface area contributed by atoms with Crippen LogP contribution < -0.4 is 10.6 Å². The maximum absolute atomic E-state index is 9.08. The van der Waals surface area contributed by atoms with Gasteiger partial charge in [0.2, 0.25) is 0 Å². The van der Waals surface area contributed by atoms with Gasteiger partial charge >= 0.3 is 0 Å². The second-order valence-corrected chi connectivity index (χ2v) is 4.02. The van der Waals surface area contributed by atoms with E-state index < -0.39 is 0 Å². The van der Waals surface area contributed by atoms with E-state index in [0.717, 1.165) is 11.3 Å². The highest BCUT2D eigenvalue weighted by atomic mass is 32.1. The van der Waals surface area contributed by atoms with Gasteiger partial charge in [-0.15, -0.1) is 0 Å². The lowest BCUT2D eigenvalue weighted by molar-refractivity contribution is 0.203. The average Bonchev–Trinajstić information content (AvgIpc) is 2.34. The summed E-state index contributed by atoms with van der Waals surface area (Å²) in [5.74, 6) is 0. The van der Waals surface area contributed by atoms with Crippen molar-refractivity contribution in [3.63, 3.8) is 0 Å². The van der Waals surface area contributed by atoms with Crippen LogP contribution in [-0.2, 0) is 4.74 Å². The van der Waals surface area contributed by atoms with E-state index in [9.17, 15) is 0 Å². The second kappa shape index (κ2) is 7.21. The molecule has 0 amide bonds. The molecule has 94 valence electrons. The highest BCUT2D eigenvalue weighted by Gasteiger charge is 2.11. The molecule has 0 heterocycles. The van der Waals surface area contributed by atoms with Crippen LogP contribution in [0.4, 0.5) is 5.69 Å². The molecule has 0 spiro atoms. The molecule has 0 radical (unpaired) electrons. The summed E-state index contributed by atoms with van der Waals surface area (Å²) < 4.78 is 5.05. The Balaban J connectivity index is 2.95. The topological polar surface area (TPSA) is 58.7 Å². The fraction of sp³-hybridized carbons (Fsp3) is 0.417. The Morgan fingerprint density at radius 2 is 2.12 bits per heavy atom. The van der Waals surface area contributed by atoms with E-state index in [2.05, 4.69) is 0 Å². The molecule has 0 aliphatic carbocycles. The van der Waals surface area contributed by atoms with Crippen LogP contribution in [0, 0.1) is 0 Å². The standard InChI is InChI=1S/C12H18N2O2S/c1-16-9-7-14(6-8-15)11-5-3-2-4-10(11)12(13)17/h2-5,15H,6-9H2,1H3,(H2,13,17). The predicted molar refractivity (Wildman–Crippen MR) is 73.5 cm³/mol. The Morgan fingerprint density at radius 1 is 1.41 bits per heavy atom. The third-order valence-corrected chi connectivity index (χ3v) is 2.67. The van der Waals surface area contributed by atoms with E-state index >= 15 is 0 Å². The third kappa shape index (κ3) is 3.96. The van der Waals surface area contributed by atoms with Crippen LogP contribution in [0.5, 0.6) is 0 Å². The van der Waals surface area contributed by atoms with Crippen molar-refractivity contribution in [2.45, 2.75) is 0 Å². The number of nitrogens with zero attached hydrogens (tertiary/aromatic N) is 1. The summed E-state index contributed by atoms with van der Waals surface area (Å²) in [6.07, 6.45) is 0. The normalized spacial score (nSPS) is 10.2. The fourth-order valence-electron chi connectivity index (χ4n) is 1.63. The van der Waals surface area contributed by atoms with E-state index in [4.69, 9.17) is 27.8 Å².